The first-order valence-corrected chi connectivity index (χ1v) is 9.83. The standard InChI is InChI=1S/C20H15F3N4O2S/c1-2-14-26-16-13-4-3-9-24-18(13)30-17(16)19(29)27(14)10-15(28)25-12-7-5-11(6-8-12)20(21,22)23/h3-9H,2,10H2,1H3,(H,25,28). The number of carbonyl (C=O) groups is 1. The van der Waals surface area contributed by atoms with Crippen molar-refractivity contribution >= 4 is 43.4 Å². The number of amides is 1. The van der Waals surface area contributed by atoms with E-state index >= 15 is 0 Å². The molecule has 6 nitrogen and oxygen atoms in total. The number of pyridine rings is 1. The van der Waals surface area contributed by atoms with Gasteiger partial charge >= 0.3 is 6.18 Å². The number of halogens is 3. The highest BCUT2D eigenvalue weighted by molar-refractivity contribution is 7.25. The first kappa shape index (κ1) is 20.0. The van der Waals surface area contributed by atoms with Crippen molar-refractivity contribution in [3.63, 3.8) is 0 Å². The first-order valence-electron chi connectivity index (χ1n) is 9.02. The third-order valence-corrected chi connectivity index (χ3v) is 5.64. The maximum Gasteiger partial charge on any atom is 0.416 e. The second-order valence-electron chi connectivity index (χ2n) is 6.53. The van der Waals surface area contributed by atoms with Crippen molar-refractivity contribution in [2.24, 2.45) is 0 Å². The van der Waals surface area contributed by atoms with E-state index in [9.17, 15) is 22.8 Å². The highest BCUT2D eigenvalue weighted by Crippen LogP contribution is 2.30. The van der Waals surface area contributed by atoms with E-state index in [2.05, 4.69) is 15.3 Å². The molecule has 0 unspecified atom stereocenters. The monoisotopic (exact) mass is 432 g/mol. The Labute approximate surface area is 172 Å². The van der Waals surface area contributed by atoms with E-state index in [1.54, 1.807) is 12.3 Å². The number of fused-ring (bicyclic) bond motifs is 3. The SMILES string of the molecule is CCc1nc2c(sc3ncccc32)c(=O)n1CC(=O)Nc1ccc(C(F)(F)F)cc1. The molecule has 0 atom stereocenters. The van der Waals surface area contributed by atoms with Crippen molar-refractivity contribution in [2.45, 2.75) is 26.1 Å². The Morgan fingerprint density at radius 2 is 1.93 bits per heavy atom. The minimum atomic E-state index is -4.45. The van der Waals surface area contributed by atoms with Gasteiger partial charge < -0.3 is 5.32 Å². The van der Waals surface area contributed by atoms with Crippen LogP contribution in [0.25, 0.3) is 20.4 Å². The molecule has 1 aromatic carbocycles. The summed E-state index contributed by atoms with van der Waals surface area (Å²) in [5.74, 6) is -0.0921. The third kappa shape index (κ3) is 3.65. The van der Waals surface area contributed by atoms with Gasteiger partial charge in [-0.1, -0.05) is 6.92 Å². The number of rotatable bonds is 4. The molecule has 0 bridgehead atoms. The highest BCUT2D eigenvalue weighted by atomic mass is 32.1. The van der Waals surface area contributed by atoms with Crippen LogP contribution in [0.1, 0.15) is 18.3 Å². The number of nitrogens with zero attached hydrogens (tertiary/aromatic N) is 3. The zero-order valence-electron chi connectivity index (χ0n) is 15.7. The summed E-state index contributed by atoms with van der Waals surface area (Å²) < 4.78 is 39.7. The summed E-state index contributed by atoms with van der Waals surface area (Å²) >= 11 is 1.21. The summed E-state index contributed by atoms with van der Waals surface area (Å²) in [7, 11) is 0. The molecule has 0 aliphatic carbocycles. The van der Waals surface area contributed by atoms with Gasteiger partial charge in [-0.15, -0.1) is 11.3 Å². The Morgan fingerprint density at radius 1 is 1.20 bits per heavy atom. The molecule has 0 aliphatic rings. The molecule has 4 aromatic rings. The summed E-state index contributed by atoms with van der Waals surface area (Å²) in [5, 5.41) is 3.30. The summed E-state index contributed by atoms with van der Waals surface area (Å²) in [6, 6.07) is 7.72. The molecular formula is C20H15F3N4O2S. The Balaban J connectivity index is 1.64. The lowest BCUT2D eigenvalue weighted by Gasteiger charge is -2.12. The van der Waals surface area contributed by atoms with E-state index in [0.717, 1.165) is 17.5 Å². The van der Waals surface area contributed by atoms with Gasteiger partial charge in [-0.25, -0.2) is 9.97 Å². The van der Waals surface area contributed by atoms with Crippen LogP contribution in [0.5, 0.6) is 0 Å². The molecule has 4 rings (SSSR count). The van der Waals surface area contributed by atoms with Crippen LogP contribution in [0.2, 0.25) is 0 Å². The fourth-order valence-electron chi connectivity index (χ4n) is 3.12. The van der Waals surface area contributed by atoms with Crippen molar-refractivity contribution in [1.29, 1.82) is 0 Å². The molecule has 10 heteroatoms. The van der Waals surface area contributed by atoms with Gasteiger partial charge in [0.25, 0.3) is 5.56 Å². The number of aromatic nitrogens is 3. The number of hydrogen-bond donors (Lipinski definition) is 1. The van der Waals surface area contributed by atoms with E-state index in [4.69, 9.17) is 0 Å². The third-order valence-electron chi connectivity index (χ3n) is 4.55. The lowest BCUT2D eigenvalue weighted by Crippen LogP contribution is -2.30. The van der Waals surface area contributed by atoms with Crippen LogP contribution in [0.3, 0.4) is 0 Å². The van der Waals surface area contributed by atoms with E-state index < -0.39 is 17.6 Å². The molecule has 1 N–H and O–H groups in total. The lowest BCUT2D eigenvalue weighted by molar-refractivity contribution is -0.137. The maximum absolute atomic E-state index is 13.0. The second-order valence-corrected chi connectivity index (χ2v) is 7.53. The number of hydrogen-bond acceptors (Lipinski definition) is 5. The molecule has 0 saturated heterocycles. The van der Waals surface area contributed by atoms with E-state index in [-0.39, 0.29) is 17.8 Å². The van der Waals surface area contributed by atoms with Crippen molar-refractivity contribution < 1.29 is 18.0 Å². The van der Waals surface area contributed by atoms with Crippen molar-refractivity contribution in [3.05, 3.63) is 64.3 Å². The first-order chi connectivity index (χ1) is 14.3. The number of alkyl halides is 3. The zero-order valence-corrected chi connectivity index (χ0v) is 16.5. The van der Waals surface area contributed by atoms with Crippen LogP contribution in [0, 0.1) is 0 Å². The summed E-state index contributed by atoms with van der Waals surface area (Å²) in [6.07, 6.45) is -2.39. The number of aryl methyl sites for hydroxylation is 1. The topological polar surface area (TPSA) is 76.9 Å². The molecule has 1 amide bonds. The quantitative estimate of drug-likeness (QED) is 0.524. The summed E-state index contributed by atoms with van der Waals surface area (Å²) in [6.45, 7) is 1.53. The molecule has 0 fully saturated rings. The van der Waals surface area contributed by atoms with E-state index in [1.165, 1.54) is 28.0 Å². The minimum absolute atomic E-state index is 0.208. The van der Waals surface area contributed by atoms with Gasteiger partial charge in [0.1, 0.15) is 21.9 Å². The van der Waals surface area contributed by atoms with Gasteiger partial charge in [0.05, 0.1) is 11.1 Å². The number of anilines is 1. The average Bonchev–Trinajstić information content (AvgIpc) is 3.08. The number of benzene rings is 1. The Kier molecular flexibility index (Phi) is 5.02. The van der Waals surface area contributed by atoms with E-state index in [1.807, 2.05) is 13.0 Å². The van der Waals surface area contributed by atoms with Crippen LogP contribution in [0.4, 0.5) is 18.9 Å². The molecule has 3 heterocycles. The second kappa shape index (κ2) is 7.52. The Bertz CT molecular complexity index is 1310. The molecule has 0 radical (unpaired) electrons. The Morgan fingerprint density at radius 3 is 2.60 bits per heavy atom. The molecule has 0 saturated carbocycles. The highest BCUT2D eigenvalue weighted by Gasteiger charge is 2.30. The molecule has 0 aliphatic heterocycles. The summed E-state index contributed by atoms with van der Waals surface area (Å²) in [4.78, 5) is 35.0. The van der Waals surface area contributed by atoms with Crippen molar-refractivity contribution in [3.8, 4) is 0 Å². The van der Waals surface area contributed by atoms with Gasteiger partial charge in [0.2, 0.25) is 5.91 Å². The van der Waals surface area contributed by atoms with Gasteiger partial charge in [-0.05, 0) is 36.4 Å². The number of thiophene rings is 1. The summed E-state index contributed by atoms with van der Waals surface area (Å²) in [5.41, 5.74) is -0.385. The van der Waals surface area contributed by atoms with Crippen LogP contribution in [-0.4, -0.2) is 20.4 Å². The normalized spacial score (nSPS) is 11.9. The molecule has 30 heavy (non-hydrogen) atoms. The Hall–Kier alpha value is -3.27. The van der Waals surface area contributed by atoms with Crippen LogP contribution < -0.4 is 10.9 Å². The molecule has 3 aromatic heterocycles. The van der Waals surface area contributed by atoms with E-state index in [0.29, 0.717) is 27.3 Å². The van der Waals surface area contributed by atoms with Crippen LogP contribution in [-0.2, 0) is 23.9 Å². The van der Waals surface area contributed by atoms with Crippen LogP contribution in [0.15, 0.2) is 47.4 Å². The van der Waals surface area contributed by atoms with Gasteiger partial charge in [-0.2, -0.15) is 13.2 Å². The molecule has 0 spiro atoms. The van der Waals surface area contributed by atoms with Gasteiger partial charge in [-0.3, -0.25) is 14.2 Å². The number of carbonyl (C=O) groups excluding carboxylic acids is 1. The van der Waals surface area contributed by atoms with Crippen LogP contribution >= 0.6 is 11.3 Å². The lowest BCUT2D eigenvalue weighted by atomic mass is 10.2. The largest absolute Gasteiger partial charge is 0.416 e. The van der Waals surface area contributed by atoms with Crippen molar-refractivity contribution in [2.75, 3.05) is 5.32 Å². The number of nitrogens with one attached hydrogen (secondary N) is 1. The fraction of sp³-hybridized carbons (Fsp3) is 0.200. The van der Waals surface area contributed by atoms with Gasteiger partial charge in [0, 0.05) is 23.7 Å². The van der Waals surface area contributed by atoms with Gasteiger partial charge in [0.15, 0.2) is 0 Å². The maximum atomic E-state index is 13.0. The zero-order chi connectivity index (χ0) is 21.5. The minimum Gasteiger partial charge on any atom is -0.325 e. The molecule has 154 valence electrons. The predicted octanol–water partition coefficient (Wildman–Crippen LogP) is 4.23. The molecular weight excluding hydrogens is 417 g/mol. The van der Waals surface area contributed by atoms with Crippen molar-refractivity contribution in [1.82, 2.24) is 14.5 Å². The smallest absolute Gasteiger partial charge is 0.325 e. The predicted molar refractivity (Wildman–Crippen MR) is 109 cm³/mol. The average molecular weight is 432 g/mol. The fourth-order valence-corrected chi connectivity index (χ4v) is 4.16.